The summed E-state index contributed by atoms with van der Waals surface area (Å²) in [6, 6.07) is 6.03. The smallest absolute Gasteiger partial charge is 0.304 e. The van der Waals surface area contributed by atoms with Gasteiger partial charge in [0.25, 0.3) is 0 Å². The van der Waals surface area contributed by atoms with Crippen LogP contribution in [-0.4, -0.2) is 47.6 Å². The number of hydrogen-bond acceptors (Lipinski definition) is 4. The van der Waals surface area contributed by atoms with E-state index in [-0.39, 0.29) is 4.87 Å². The van der Waals surface area contributed by atoms with Gasteiger partial charge in [0.05, 0.1) is 16.9 Å². The van der Waals surface area contributed by atoms with E-state index >= 15 is 0 Å². The van der Waals surface area contributed by atoms with Crippen molar-refractivity contribution >= 4 is 37.5 Å². The zero-order valence-corrected chi connectivity index (χ0v) is 13.2. The number of benzene rings is 1. The van der Waals surface area contributed by atoms with Gasteiger partial charge in [-0.1, -0.05) is 27.3 Å². The SMILES string of the molecule is CN1CCN(Cn2c(=O)sc3cc(Br)ccc32)CC1. The van der Waals surface area contributed by atoms with Crippen molar-refractivity contribution in [2.45, 2.75) is 6.67 Å². The molecule has 0 aliphatic carbocycles. The lowest BCUT2D eigenvalue weighted by Gasteiger charge is -2.32. The molecule has 3 rings (SSSR count). The zero-order chi connectivity index (χ0) is 13.4. The van der Waals surface area contributed by atoms with Gasteiger partial charge in [0.15, 0.2) is 0 Å². The minimum atomic E-state index is 0.132. The van der Waals surface area contributed by atoms with E-state index in [4.69, 9.17) is 0 Å². The van der Waals surface area contributed by atoms with E-state index in [2.05, 4.69) is 32.8 Å². The van der Waals surface area contributed by atoms with E-state index in [9.17, 15) is 4.79 Å². The van der Waals surface area contributed by atoms with E-state index in [1.165, 1.54) is 11.3 Å². The summed E-state index contributed by atoms with van der Waals surface area (Å²) in [7, 11) is 2.14. The van der Waals surface area contributed by atoms with Crippen molar-refractivity contribution < 1.29 is 0 Å². The second-order valence-corrected chi connectivity index (χ2v) is 6.88. The number of nitrogens with zero attached hydrogens (tertiary/aromatic N) is 3. The Bertz CT molecular complexity index is 643. The summed E-state index contributed by atoms with van der Waals surface area (Å²) in [5.74, 6) is 0. The molecular weight excluding hydrogens is 326 g/mol. The van der Waals surface area contributed by atoms with Crippen molar-refractivity contribution in [3.63, 3.8) is 0 Å². The van der Waals surface area contributed by atoms with Gasteiger partial charge in [0.2, 0.25) is 0 Å². The number of halogens is 1. The van der Waals surface area contributed by atoms with Crippen LogP contribution < -0.4 is 4.87 Å². The highest BCUT2D eigenvalue weighted by Crippen LogP contribution is 2.22. The summed E-state index contributed by atoms with van der Waals surface area (Å²) in [6.07, 6.45) is 0. The molecule has 0 bridgehead atoms. The highest BCUT2D eigenvalue weighted by Gasteiger charge is 2.16. The first-order valence-electron chi connectivity index (χ1n) is 6.33. The first-order chi connectivity index (χ1) is 9.13. The number of thiazole rings is 1. The number of aromatic nitrogens is 1. The van der Waals surface area contributed by atoms with Gasteiger partial charge in [-0.15, -0.1) is 0 Å². The van der Waals surface area contributed by atoms with Crippen molar-refractivity contribution in [1.29, 1.82) is 0 Å². The van der Waals surface area contributed by atoms with Crippen LogP contribution >= 0.6 is 27.3 Å². The fourth-order valence-electron chi connectivity index (χ4n) is 2.36. The van der Waals surface area contributed by atoms with E-state index in [0.717, 1.165) is 40.9 Å². The van der Waals surface area contributed by atoms with Crippen LogP contribution in [0.15, 0.2) is 27.5 Å². The molecule has 0 atom stereocenters. The number of piperazine rings is 1. The Morgan fingerprint density at radius 2 is 2.00 bits per heavy atom. The van der Waals surface area contributed by atoms with Gasteiger partial charge in [-0.2, -0.15) is 0 Å². The van der Waals surface area contributed by atoms with Crippen molar-refractivity contribution in [3.05, 3.63) is 32.3 Å². The molecule has 1 aromatic carbocycles. The molecule has 1 aromatic heterocycles. The Morgan fingerprint density at radius 1 is 1.26 bits per heavy atom. The predicted molar refractivity (Wildman–Crippen MR) is 82.9 cm³/mol. The third-order valence-corrected chi connectivity index (χ3v) is 5.00. The summed E-state index contributed by atoms with van der Waals surface area (Å²) in [5, 5.41) is 0. The lowest BCUT2D eigenvalue weighted by atomic mass is 10.3. The van der Waals surface area contributed by atoms with Crippen molar-refractivity contribution in [2.75, 3.05) is 33.2 Å². The van der Waals surface area contributed by atoms with E-state index in [1.54, 1.807) is 0 Å². The van der Waals surface area contributed by atoms with Gasteiger partial charge < -0.3 is 4.90 Å². The number of likely N-dealkylation sites (N-methyl/N-ethyl adjacent to an activating group) is 1. The van der Waals surface area contributed by atoms with Crippen molar-refractivity contribution in [3.8, 4) is 0 Å². The maximum atomic E-state index is 12.1. The molecule has 6 heteroatoms. The Morgan fingerprint density at radius 3 is 2.74 bits per heavy atom. The molecule has 0 spiro atoms. The molecule has 1 aliphatic heterocycles. The topological polar surface area (TPSA) is 28.5 Å². The number of fused-ring (bicyclic) bond motifs is 1. The van der Waals surface area contributed by atoms with Crippen LogP contribution in [0.5, 0.6) is 0 Å². The maximum Gasteiger partial charge on any atom is 0.309 e. The quantitative estimate of drug-likeness (QED) is 0.836. The average molecular weight is 342 g/mol. The van der Waals surface area contributed by atoms with E-state index < -0.39 is 0 Å². The minimum Gasteiger partial charge on any atom is -0.304 e. The van der Waals surface area contributed by atoms with Crippen LogP contribution in [0.25, 0.3) is 10.2 Å². The summed E-state index contributed by atoms with van der Waals surface area (Å²) in [5.41, 5.74) is 1.04. The van der Waals surface area contributed by atoms with Crippen LogP contribution in [0, 0.1) is 0 Å². The maximum absolute atomic E-state index is 12.1. The Hall–Kier alpha value is -0.690. The fraction of sp³-hybridized carbons (Fsp3) is 0.462. The monoisotopic (exact) mass is 341 g/mol. The van der Waals surface area contributed by atoms with Gasteiger partial charge in [-0.25, -0.2) is 0 Å². The van der Waals surface area contributed by atoms with Crippen LogP contribution in [0.2, 0.25) is 0 Å². The number of rotatable bonds is 2. The Labute approximate surface area is 124 Å². The van der Waals surface area contributed by atoms with Crippen molar-refractivity contribution in [2.24, 2.45) is 0 Å². The van der Waals surface area contributed by atoms with Crippen molar-refractivity contribution in [1.82, 2.24) is 14.4 Å². The predicted octanol–water partition coefficient (Wildman–Crippen LogP) is 2.03. The van der Waals surface area contributed by atoms with Gasteiger partial charge in [0, 0.05) is 30.7 Å². The normalized spacial score (nSPS) is 18.2. The zero-order valence-electron chi connectivity index (χ0n) is 10.8. The number of hydrogen-bond donors (Lipinski definition) is 0. The van der Waals surface area contributed by atoms with Gasteiger partial charge in [0.1, 0.15) is 0 Å². The molecule has 0 amide bonds. The molecule has 0 radical (unpaired) electrons. The average Bonchev–Trinajstić information content (AvgIpc) is 2.68. The second kappa shape index (κ2) is 5.36. The highest BCUT2D eigenvalue weighted by molar-refractivity contribution is 9.10. The molecule has 1 aliphatic rings. The third kappa shape index (κ3) is 2.76. The molecule has 1 fully saturated rings. The first kappa shape index (κ1) is 13.3. The first-order valence-corrected chi connectivity index (χ1v) is 7.94. The highest BCUT2D eigenvalue weighted by atomic mass is 79.9. The molecule has 1 saturated heterocycles. The van der Waals surface area contributed by atoms with Gasteiger partial charge in [-0.05, 0) is 25.2 Å². The molecule has 19 heavy (non-hydrogen) atoms. The molecule has 0 unspecified atom stereocenters. The Kier molecular flexibility index (Phi) is 3.75. The molecule has 4 nitrogen and oxygen atoms in total. The molecule has 2 aromatic rings. The summed E-state index contributed by atoms with van der Waals surface area (Å²) in [4.78, 5) is 16.9. The van der Waals surface area contributed by atoms with Gasteiger partial charge in [-0.3, -0.25) is 14.3 Å². The van der Waals surface area contributed by atoms with Gasteiger partial charge >= 0.3 is 4.87 Å². The summed E-state index contributed by atoms with van der Waals surface area (Å²) in [6.45, 7) is 4.90. The Balaban J connectivity index is 1.88. The van der Waals surface area contributed by atoms with E-state index in [1.807, 2.05) is 22.8 Å². The molecular formula is C13H16BrN3OS. The van der Waals surface area contributed by atoms with Crippen LogP contribution in [-0.2, 0) is 6.67 Å². The standard InChI is InChI=1S/C13H16BrN3OS/c1-15-4-6-16(7-5-15)9-17-11-3-2-10(14)8-12(11)19-13(17)18/h2-3,8H,4-7,9H2,1H3. The minimum absolute atomic E-state index is 0.132. The molecule has 0 saturated carbocycles. The lowest BCUT2D eigenvalue weighted by molar-refractivity contribution is 0.126. The van der Waals surface area contributed by atoms with Crippen LogP contribution in [0.3, 0.4) is 0 Å². The second-order valence-electron chi connectivity index (χ2n) is 4.97. The third-order valence-electron chi connectivity index (χ3n) is 3.57. The summed E-state index contributed by atoms with van der Waals surface area (Å²) < 4.78 is 3.96. The van der Waals surface area contributed by atoms with E-state index in [0.29, 0.717) is 6.67 Å². The molecule has 2 heterocycles. The summed E-state index contributed by atoms with van der Waals surface area (Å²) >= 11 is 4.77. The van der Waals surface area contributed by atoms with Crippen LogP contribution in [0.4, 0.5) is 0 Å². The lowest BCUT2D eigenvalue weighted by Crippen LogP contribution is -2.45. The molecule has 0 N–H and O–H groups in total. The molecule has 102 valence electrons. The largest absolute Gasteiger partial charge is 0.309 e. The van der Waals surface area contributed by atoms with Crippen LogP contribution in [0.1, 0.15) is 0 Å². The fourth-order valence-corrected chi connectivity index (χ4v) is 3.80.